The fourth-order valence-electron chi connectivity index (χ4n) is 8.82. The van der Waals surface area contributed by atoms with Crippen molar-refractivity contribution in [3.05, 3.63) is 178 Å². The number of esters is 8. The molecule has 34 heteroatoms. The lowest BCUT2D eigenvalue weighted by atomic mass is 10.1. The molecule has 508 valence electrons. The summed E-state index contributed by atoms with van der Waals surface area (Å²) < 4.78 is 43.9. The molecule has 10 rings (SSSR count). The largest absolute Gasteiger partial charge is 0.504 e. The molecule has 0 unspecified atom stereocenters. The molecule has 0 aliphatic heterocycles. The number of hydrogen-bond donors (Lipinski definition) is 18. The molecule has 0 atom stereocenters. The van der Waals surface area contributed by atoms with Crippen LogP contribution in [0.3, 0.4) is 0 Å². The molecule has 18 N–H and O–H groups in total. The van der Waals surface area contributed by atoms with Crippen LogP contribution in [-0.2, 0) is 0 Å². The van der Waals surface area contributed by atoms with Crippen molar-refractivity contribution in [1.29, 1.82) is 0 Å². The Morgan fingerprint density at radius 3 is 0.540 bits per heavy atom. The molecule has 0 saturated heterocycles. The first kappa shape index (κ1) is 67.5. The smallest absolute Gasteiger partial charge is 0.344 e. The van der Waals surface area contributed by atoms with Gasteiger partial charge in [-0.25, -0.2) is 38.4 Å². The van der Waals surface area contributed by atoms with Crippen LogP contribution in [0.4, 0.5) is 0 Å². The van der Waals surface area contributed by atoms with E-state index in [1.807, 2.05) is 0 Å². The van der Waals surface area contributed by atoms with E-state index in [9.17, 15) is 130 Å². The third kappa shape index (κ3) is 14.0. The SMILES string of the molecule is O=C(Oc1ccc2cc(OC(=O)c3cc(OC(=O)c4cc(O)c(O)c(O)c4)c(OC(=O)c4cc(O)c(O)c(O)c4)c(OC(=O)c4cc(O)c(O)c(O)c4)c3)ccc2c1)c1cc(OC(=O)c2cc(O)c(O)c(O)c2)c(OC(=O)c2cc(O)c(O)c(O)c2)c(OC(=O)c2cc(O)c(O)c(O)c2)c1. The molecule has 0 amide bonds. The summed E-state index contributed by atoms with van der Waals surface area (Å²) in [6, 6.07) is 17.0. The van der Waals surface area contributed by atoms with Gasteiger partial charge in [0.1, 0.15) is 11.5 Å². The van der Waals surface area contributed by atoms with Crippen molar-refractivity contribution in [2.24, 2.45) is 0 Å². The number of carbonyl (C=O) groups excluding carboxylic acids is 8. The van der Waals surface area contributed by atoms with Crippen molar-refractivity contribution in [2.75, 3.05) is 0 Å². The molecule has 0 fully saturated rings. The van der Waals surface area contributed by atoms with Gasteiger partial charge in [-0.15, -0.1) is 0 Å². The molecule has 0 saturated carbocycles. The first-order valence-electron chi connectivity index (χ1n) is 27.4. The Labute approximate surface area is 552 Å². The average Bonchev–Trinajstić information content (AvgIpc) is 0.792. The summed E-state index contributed by atoms with van der Waals surface area (Å²) in [7, 11) is 0. The van der Waals surface area contributed by atoms with Crippen LogP contribution < -0.4 is 37.9 Å². The number of rotatable bonds is 16. The van der Waals surface area contributed by atoms with Crippen LogP contribution in [0.15, 0.2) is 133 Å². The van der Waals surface area contributed by atoms with E-state index >= 15 is 0 Å². The second kappa shape index (κ2) is 26.6. The Morgan fingerprint density at radius 2 is 0.350 bits per heavy atom. The highest BCUT2D eigenvalue weighted by Crippen LogP contribution is 2.47. The summed E-state index contributed by atoms with van der Waals surface area (Å²) in [5, 5.41) is 182. The molecular weight excluding hydrogens is 1340 g/mol. The Kier molecular flexibility index (Phi) is 17.9. The average molecular weight is 1380 g/mol. The third-order valence-electron chi connectivity index (χ3n) is 13.7. The monoisotopic (exact) mass is 1380 g/mol. The van der Waals surface area contributed by atoms with Crippen LogP contribution in [0.25, 0.3) is 10.8 Å². The number of phenolic OH excluding ortho intramolecular Hbond substituents is 18. The predicted octanol–water partition coefficient (Wildman–Crippen LogP) is 7.29. The lowest BCUT2D eigenvalue weighted by molar-refractivity contribution is 0.0652. The van der Waals surface area contributed by atoms with E-state index < -0.39 is 230 Å². The zero-order valence-corrected chi connectivity index (χ0v) is 49.3. The molecule has 0 heterocycles. The van der Waals surface area contributed by atoms with Crippen molar-refractivity contribution >= 4 is 58.5 Å². The summed E-state index contributed by atoms with van der Waals surface area (Å²) in [5.41, 5.74) is -5.94. The highest BCUT2D eigenvalue weighted by Gasteiger charge is 2.32. The van der Waals surface area contributed by atoms with Crippen LogP contribution in [0, 0.1) is 0 Å². The van der Waals surface area contributed by atoms with Gasteiger partial charge < -0.3 is 130 Å². The molecule has 0 aromatic heterocycles. The van der Waals surface area contributed by atoms with Crippen molar-refractivity contribution in [3.8, 4) is 149 Å². The maximum absolute atomic E-state index is 14.3. The quantitative estimate of drug-likeness (QED) is 0.0256. The van der Waals surface area contributed by atoms with Crippen LogP contribution in [0.2, 0.25) is 0 Å². The van der Waals surface area contributed by atoms with Gasteiger partial charge in [0.15, 0.2) is 126 Å². The van der Waals surface area contributed by atoms with Crippen molar-refractivity contribution in [3.63, 3.8) is 0 Å². The molecule has 34 nitrogen and oxygen atoms in total. The summed E-state index contributed by atoms with van der Waals surface area (Å²) in [4.78, 5) is 111. The number of phenols is 18. The standard InChI is InChI=1S/C66H40O34/c67-35-7-25(8-36(68)51(35)79)61(87)95-47-19-31(20-48(96-62(88)26-9-37(69)52(80)38(70)10-26)57(47)99-65(91)29-15-43(75)55(83)44(76)16-29)59(85)93-33-3-1-23-5-34(4-2-24(23)6-33)94-60(86)32-21-49(97-63(89)27-11-39(71)53(81)40(72)12-27)58(100-66(92)30-17-45(77)56(84)46(78)18-30)50(22-32)98-64(90)28-13-41(73)54(82)42(74)14-28/h1-22,67-84H. The second-order valence-electron chi connectivity index (χ2n) is 20.6. The van der Waals surface area contributed by atoms with Gasteiger partial charge in [-0.05, 0) is 132 Å². The van der Waals surface area contributed by atoms with Crippen LogP contribution in [0.1, 0.15) is 82.9 Å². The first-order valence-corrected chi connectivity index (χ1v) is 27.4. The first-order chi connectivity index (χ1) is 47.2. The highest BCUT2D eigenvalue weighted by molar-refractivity contribution is 6.02. The van der Waals surface area contributed by atoms with Gasteiger partial charge in [0.2, 0.25) is 11.5 Å². The van der Waals surface area contributed by atoms with Crippen molar-refractivity contribution in [2.45, 2.75) is 0 Å². The summed E-state index contributed by atoms with van der Waals surface area (Å²) in [6.45, 7) is 0. The van der Waals surface area contributed by atoms with Crippen LogP contribution >= 0.6 is 0 Å². The molecule has 0 bridgehead atoms. The van der Waals surface area contributed by atoms with Gasteiger partial charge in [-0.2, -0.15) is 0 Å². The minimum absolute atomic E-state index is 0.186. The molecule has 10 aromatic carbocycles. The van der Waals surface area contributed by atoms with Gasteiger partial charge in [-0.3, -0.25) is 0 Å². The zero-order chi connectivity index (χ0) is 72.6. The lowest BCUT2D eigenvalue weighted by Gasteiger charge is -2.17. The summed E-state index contributed by atoms with van der Waals surface area (Å²) in [6.07, 6.45) is 0. The Bertz CT molecular complexity index is 4540. The third-order valence-corrected chi connectivity index (χ3v) is 13.7. The van der Waals surface area contributed by atoms with Gasteiger partial charge in [-0.1, -0.05) is 12.1 Å². The molecule has 0 spiro atoms. The van der Waals surface area contributed by atoms with Gasteiger partial charge in [0.25, 0.3) is 0 Å². The minimum Gasteiger partial charge on any atom is -0.504 e. The number of carbonyl (C=O) groups is 8. The number of hydrogen-bond acceptors (Lipinski definition) is 34. The molecule has 100 heavy (non-hydrogen) atoms. The molecule has 0 aliphatic carbocycles. The number of fused-ring (bicyclic) bond motifs is 1. The van der Waals surface area contributed by atoms with E-state index in [1.165, 1.54) is 24.3 Å². The molecule has 0 aliphatic rings. The van der Waals surface area contributed by atoms with Crippen LogP contribution in [-0.4, -0.2) is 140 Å². The topological polar surface area (TPSA) is 575 Å². The maximum Gasteiger partial charge on any atom is 0.344 e. The Balaban J connectivity index is 1.00. The second-order valence-corrected chi connectivity index (χ2v) is 20.6. The van der Waals surface area contributed by atoms with Gasteiger partial charge >= 0.3 is 47.8 Å². The fraction of sp³-hybridized carbons (Fsp3) is 0. The Hall–Kier alpha value is -15.4. The van der Waals surface area contributed by atoms with Crippen molar-refractivity contribution in [1.82, 2.24) is 0 Å². The predicted molar refractivity (Wildman–Crippen MR) is 325 cm³/mol. The minimum atomic E-state index is -1.59. The molecule has 0 radical (unpaired) electrons. The lowest BCUT2D eigenvalue weighted by Crippen LogP contribution is -2.17. The Morgan fingerprint density at radius 1 is 0.190 bits per heavy atom. The van der Waals surface area contributed by atoms with E-state index in [4.69, 9.17) is 37.9 Å². The van der Waals surface area contributed by atoms with Gasteiger partial charge in [0.05, 0.1) is 44.5 Å². The number of aromatic hydroxyl groups is 18. The zero-order valence-electron chi connectivity index (χ0n) is 49.3. The van der Waals surface area contributed by atoms with Gasteiger partial charge in [0, 0.05) is 0 Å². The molecule has 10 aromatic rings. The van der Waals surface area contributed by atoms with Crippen molar-refractivity contribution < 1.29 is 168 Å². The fourth-order valence-corrected chi connectivity index (χ4v) is 8.82. The van der Waals surface area contributed by atoms with E-state index in [2.05, 4.69) is 0 Å². The van der Waals surface area contributed by atoms with E-state index in [-0.39, 0.29) is 22.3 Å². The van der Waals surface area contributed by atoms with Crippen LogP contribution in [0.5, 0.6) is 149 Å². The maximum atomic E-state index is 14.3. The summed E-state index contributed by atoms with van der Waals surface area (Å²) in [5.74, 6) is -38.7. The van der Waals surface area contributed by atoms with E-state index in [0.29, 0.717) is 97.1 Å². The van der Waals surface area contributed by atoms with E-state index in [1.54, 1.807) is 0 Å². The highest BCUT2D eigenvalue weighted by atomic mass is 16.6. The summed E-state index contributed by atoms with van der Waals surface area (Å²) >= 11 is 0. The normalized spacial score (nSPS) is 10.8. The number of ether oxygens (including phenoxy) is 8. The van der Waals surface area contributed by atoms with E-state index in [0.717, 1.165) is 12.1 Å². The number of benzene rings is 10. The molecular formula is C66H40O34.